The lowest BCUT2D eigenvalue weighted by atomic mass is 10.2. The summed E-state index contributed by atoms with van der Waals surface area (Å²) in [5.74, 6) is 0.611. The summed E-state index contributed by atoms with van der Waals surface area (Å²) in [6.07, 6.45) is 3.45. The summed E-state index contributed by atoms with van der Waals surface area (Å²) in [5, 5.41) is 13.0. The van der Waals surface area contributed by atoms with E-state index >= 15 is 0 Å². The number of anilines is 1. The maximum absolute atomic E-state index is 11.0. The fourth-order valence-corrected chi connectivity index (χ4v) is 2.07. The molecular formula is C12H17N3O3. The lowest BCUT2D eigenvalue weighted by Crippen LogP contribution is -2.35. The number of nitro benzene ring substituents is 1. The third-order valence-electron chi connectivity index (χ3n) is 3.04. The number of benzene rings is 1. The lowest BCUT2D eigenvalue weighted by Gasteiger charge is -2.27. The average Bonchev–Trinajstić information content (AvgIpc) is 2.39. The Bertz CT molecular complexity index is 431. The van der Waals surface area contributed by atoms with E-state index in [1.807, 2.05) is 5.01 Å². The van der Waals surface area contributed by atoms with Crippen LogP contribution in [0.4, 0.5) is 11.4 Å². The number of nitrogens with one attached hydrogen (secondary N) is 1. The van der Waals surface area contributed by atoms with Crippen LogP contribution >= 0.6 is 0 Å². The quantitative estimate of drug-likeness (QED) is 0.657. The summed E-state index contributed by atoms with van der Waals surface area (Å²) in [4.78, 5) is 10.6. The molecule has 0 bridgehead atoms. The topological polar surface area (TPSA) is 67.6 Å². The molecule has 1 aromatic carbocycles. The van der Waals surface area contributed by atoms with Gasteiger partial charge in [0.2, 0.25) is 0 Å². The van der Waals surface area contributed by atoms with Gasteiger partial charge in [-0.1, -0.05) is 6.42 Å². The minimum Gasteiger partial charge on any atom is -0.497 e. The zero-order valence-electron chi connectivity index (χ0n) is 10.4. The summed E-state index contributed by atoms with van der Waals surface area (Å²) < 4.78 is 5.10. The number of piperidine rings is 1. The van der Waals surface area contributed by atoms with Gasteiger partial charge < -0.3 is 10.2 Å². The monoisotopic (exact) mass is 251 g/mol. The van der Waals surface area contributed by atoms with Crippen molar-refractivity contribution in [2.45, 2.75) is 19.3 Å². The number of ether oxygens (including phenoxy) is 1. The van der Waals surface area contributed by atoms with E-state index in [1.54, 1.807) is 19.2 Å². The van der Waals surface area contributed by atoms with Gasteiger partial charge in [-0.05, 0) is 18.9 Å². The van der Waals surface area contributed by atoms with E-state index in [1.165, 1.54) is 12.5 Å². The van der Waals surface area contributed by atoms with Crippen LogP contribution in [0, 0.1) is 10.1 Å². The highest BCUT2D eigenvalue weighted by Gasteiger charge is 2.18. The third kappa shape index (κ3) is 2.89. The molecule has 6 heteroatoms. The van der Waals surface area contributed by atoms with Crippen molar-refractivity contribution in [2.75, 3.05) is 25.6 Å². The summed E-state index contributed by atoms with van der Waals surface area (Å²) >= 11 is 0. The van der Waals surface area contributed by atoms with Gasteiger partial charge in [-0.2, -0.15) is 0 Å². The largest absolute Gasteiger partial charge is 0.497 e. The second-order valence-corrected chi connectivity index (χ2v) is 4.30. The van der Waals surface area contributed by atoms with Gasteiger partial charge >= 0.3 is 0 Å². The Labute approximate surface area is 106 Å². The molecule has 0 aliphatic carbocycles. The lowest BCUT2D eigenvalue weighted by molar-refractivity contribution is -0.384. The summed E-state index contributed by atoms with van der Waals surface area (Å²) in [5.41, 5.74) is 3.68. The molecule has 1 N–H and O–H groups in total. The van der Waals surface area contributed by atoms with E-state index in [4.69, 9.17) is 4.74 Å². The van der Waals surface area contributed by atoms with Crippen LogP contribution in [-0.2, 0) is 0 Å². The minimum absolute atomic E-state index is 0.0707. The standard InChI is InChI=1S/C12H17N3O3/c1-18-10-5-6-12(15(16)17)11(9-10)13-14-7-3-2-4-8-14/h5-6,9,13H,2-4,7-8H2,1H3. The van der Waals surface area contributed by atoms with Gasteiger partial charge in [0.25, 0.3) is 5.69 Å². The molecule has 1 aliphatic rings. The van der Waals surface area contributed by atoms with Crippen molar-refractivity contribution in [3.8, 4) is 5.75 Å². The van der Waals surface area contributed by atoms with Gasteiger partial charge in [0.05, 0.1) is 12.0 Å². The molecule has 0 aromatic heterocycles. The number of hydrazine groups is 1. The van der Waals surface area contributed by atoms with Crippen LogP contribution in [0.15, 0.2) is 18.2 Å². The van der Waals surface area contributed by atoms with E-state index in [9.17, 15) is 10.1 Å². The molecular weight excluding hydrogens is 234 g/mol. The zero-order chi connectivity index (χ0) is 13.0. The Hall–Kier alpha value is -1.82. The third-order valence-corrected chi connectivity index (χ3v) is 3.04. The van der Waals surface area contributed by atoms with Gasteiger partial charge in [-0.25, -0.2) is 5.01 Å². The van der Waals surface area contributed by atoms with Crippen molar-refractivity contribution in [1.82, 2.24) is 5.01 Å². The first-order chi connectivity index (χ1) is 8.70. The number of nitrogens with zero attached hydrogens (tertiary/aromatic N) is 2. The van der Waals surface area contributed by atoms with Gasteiger partial charge in [-0.3, -0.25) is 10.1 Å². The zero-order valence-corrected chi connectivity index (χ0v) is 10.4. The predicted molar refractivity (Wildman–Crippen MR) is 68.7 cm³/mol. The van der Waals surface area contributed by atoms with Crippen LogP contribution in [0.5, 0.6) is 5.75 Å². The smallest absolute Gasteiger partial charge is 0.293 e. The first-order valence-electron chi connectivity index (χ1n) is 6.05. The normalized spacial score (nSPS) is 16.3. The van der Waals surface area contributed by atoms with Crippen molar-refractivity contribution in [3.05, 3.63) is 28.3 Å². The minimum atomic E-state index is -0.383. The molecule has 0 amide bonds. The SMILES string of the molecule is COc1ccc([N+](=O)[O-])c(NN2CCCCC2)c1. The number of hydrogen-bond acceptors (Lipinski definition) is 5. The van der Waals surface area contributed by atoms with E-state index in [0.29, 0.717) is 11.4 Å². The van der Waals surface area contributed by atoms with E-state index < -0.39 is 0 Å². The molecule has 0 atom stereocenters. The van der Waals surface area contributed by atoms with Gasteiger partial charge in [0.1, 0.15) is 11.4 Å². The molecule has 1 saturated heterocycles. The fraction of sp³-hybridized carbons (Fsp3) is 0.500. The van der Waals surface area contributed by atoms with Crippen molar-refractivity contribution >= 4 is 11.4 Å². The highest BCUT2D eigenvalue weighted by atomic mass is 16.6. The molecule has 0 spiro atoms. The molecule has 2 rings (SSSR count). The molecule has 98 valence electrons. The fourth-order valence-electron chi connectivity index (χ4n) is 2.07. The second-order valence-electron chi connectivity index (χ2n) is 4.30. The van der Waals surface area contributed by atoms with E-state index in [-0.39, 0.29) is 10.6 Å². The Morgan fingerprint density at radius 1 is 1.33 bits per heavy atom. The maximum atomic E-state index is 11.0. The number of methoxy groups -OCH3 is 1. The molecule has 0 saturated carbocycles. The van der Waals surface area contributed by atoms with Crippen LogP contribution in [0.3, 0.4) is 0 Å². The summed E-state index contributed by atoms with van der Waals surface area (Å²) in [7, 11) is 1.55. The molecule has 1 aromatic rings. The second kappa shape index (κ2) is 5.68. The summed E-state index contributed by atoms with van der Waals surface area (Å²) in [6.45, 7) is 1.82. The first-order valence-corrected chi connectivity index (χ1v) is 6.05. The molecule has 1 aliphatic heterocycles. The Morgan fingerprint density at radius 2 is 2.06 bits per heavy atom. The maximum Gasteiger partial charge on any atom is 0.293 e. The first kappa shape index (κ1) is 12.6. The molecule has 1 fully saturated rings. The molecule has 0 unspecified atom stereocenters. The van der Waals surface area contributed by atoms with Gasteiger partial charge in [0.15, 0.2) is 0 Å². The van der Waals surface area contributed by atoms with Crippen molar-refractivity contribution in [2.24, 2.45) is 0 Å². The van der Waals surface area contributed by atoms with Crippen LogP contribution in [0.1, 0.15) is 19.3 Å². The van der Waals surface area contributed by atoms with Crippen molar-refractivity contribution in [3.63, 3.8) is 0 Å². The number of rotatable bonds is 4. The molecule has 6 nitrogen and oxygen atoms in total. The molecule has 0 radical (unpaired) electrons. The van der Waals surface area contributed by atoms with Crippen LogP contribution < -0.4 is 10.2 Å². The highest BCUT2D eigenvalue weighted by molar-refractivity contribution is 5.63. The van der Waals surface area contributed by atoms with Gasteiger partial charge in [-0.15, -0.1) is 0 Å². The Balaban J connectivity index is 2.19. The Kier molecular flexibility index (Phi) is 3.99. The van der Waals surface area contributed by atoms with E-state index in [0.717, 1.165) is 25.9 Å². The Morgan fingerprint density at radius 3 is 2.67 bits per heavy atom. The average molecular weight is 251 g/mol. The highest BCUT2D eigenvalue weighted by Crippen LogP contribution is 2.29. The van der Waals surface area contributed by atoms with Crippen LogP contribution in [-0.4, -0.2) is 30.1 Å². The molecule has 1 heterocycles. The predicted octanol–water partition coefficient (Wildman–Crippen LogP) is 2.42. The van der Waals surface area contributed by atoms with Crippen molar-refractivity contribution in [1.29, 1.82) is 0 Å². The van der Waals surface area contributed by atoms with Crippen LogP contribution in [0.2, 0.25) is 0 Å². The van der Waals surface area contributed by atoms with Crippen molar-refractivity contribution < 1.29 is 9.66 Å². The number of nitro groups is 1. The van der Waals surface area contributed by atoms with E-state index in [2.05, 4.69) is 5.43 Å². The molecule has 18 heavy (non-hydrogen) atoms. The van der Waals surface area contributed by atoms with Gasteiger partial charge in [0, 0.05) is 25.2 Å². The summed E-state index contributed by atoms with van der Waals surface area (Å²) in [6, 6.07) is 4.72. The number of hydrogen-bond donors (Lipinski definition) is 1. The van der Waals surface area contributed by atoms with Crippen LogP contribution in [0.25, 0.3) is 0 Å².